The number of fused-ring (bicyclic) bond motifs is 1. The summed E-state index contributed by atoms with van der Waals surface area (Å²) >= 11 is 5.90. The first-order valence-corrected chi connectivity index (χ1v) is 10.6. The van der Waals surface area contributed by atoms with E-state index in [1.165, 1.54) is 14.2 Å². The van der Waals surface area contributed by atoms with Crippen LogP contribution in [0.4, 0.5) is 5.69 Å². The largest absolute Gasteiger partial charge is 0.493 e. The third kappa shape index (κ3) is 4.71. The topological polar surface area (TPSA) is 77.8 Å². The molecule has 0 aliphatic carbocycles. The molecule has 1 heterocycles. The fourth-order valence-electron chi connectivity index (χ4n) is 3.62. The summed E-state index contributed by atoms with van der Waals surface area (Å²) in [4.78, 5) is 25.6. The molecule has 6 nitrogen and oxygen atoms in total. The maximum atomic E-state index is 13.1. The highest BCUT2D eigenvalue weighted by Gasteiger charge is 2.21. The standard InChI is InChI=1S/C26H22ClNO5/c1-15-20-14-19(28-24(29)12-16-4-7-18(27)8-5-16)9-11-21(20)33-26(15)25(30)17-6-10-22(31-2)23(13-17)32-3/h4-11,13-14H,12H2,1-3H3,(H,28,29). The van der Waals surface area contributed by atoms with Crippen LogP contribution in [0.5, 0.6) is 11.5 Å². The van der Waals surface area contributed by atoms with Crippen molar-refractivity contribution >= 4 is 39.9 Å². The maximum absolute atomic E-state index is 13.1. The van der Waals surface area contributed by atoms with Crippen molar-refractivity contribution in [2.45, 2.75) is 13.3 Å². The monoisotopic (exact) mass is 463 g/mol. The van der Waals surface area contributed by atoms with E-state index in [-0.39, 0.29) is 23.9 Å². The van der Waals surface area contributed by atoms with E-state index in [0.29, 0.717) is 38.9 Å². The number of benzene rings is 3. The van der Waals surface area contributed by atoms with Crippen LogP contribution >= 0.6 is 11.6 Å². The van der Waals surface area contributed by atoms with Crippen LogP contribution in [-0.4, -0.2) is 25.9 Å². The van der Waals surface area contributed by atoms with E-state index in [1.807, 2.05) is 19.1 Å². The summed E-state index contributed by atoms with van der Waals surface area (Å²) in [7, 11) is 3.05. The van der Waals surface area contributed by atoms with Crippen LogP contribution < -0.4 is 14.8 Å². The minimum Gasteiger partial charge on any atom is -0.493 e. The lowest BCUT2D eigenvalue weighted by molar-refractivity contribution is -0.115. The van der Waals surface area contributed by atoms with Crippen molar-refractivity contribution in [3.63, 3.8) is 0 Å². The van der Waals surface area contributed by atoms with Gasteiger partial charge in [0.1, 0.15) is 5.58 Å². The molecule has 0 radical (unpaired) electrons. The Labute approximate surface area is 196 Å². The molecule has 0 atom stereocenters. The highest BCUT2D eigenvalue weighted by molar-refractivity contribution is 6.30. The van der Waals surface area contributed by atoms with E-state index in [2.05, 4.69) is 5.32 Å². The van der Waals surface area contributed by atoms with Crippen molar-refractivity contribution in [2.24, 2.45) is 0 Å². The predicted octanol–water partition coefficient (Wildman–Crippen LogP) is 5.82. The molecule has 0 saturated heterocycles. The van der Waals surface area contributed by atoms with Gasteiger partial charge < -0.3 is 19.2 Å². The second-order valence-corrected chi connectivity index (χ2v) is 7.95. The number of hydrogen-bond donors (Lipinski definition) is 1. The molecule has 0 saturated carbocycles. The molecule has 168 valence electrons. The van der Waals surface area contributed by atoms with Crippen LogP contribution in [0, 0.1) is 6.92 Å². The van der Waals surface area contributed by atoms with Gasteiger partial charge in [0.25, 0.3) is 0 Å². The number of nitrogens with one attached hydrogen (secondary N) is 1. The Hall–Kier alpha value is -3.77. The number of carbonyl (C=O) groups is 2. The first kappa shape index (κ1) is 22.4. The zero-order valence-electron chi connectivity index (χ0n) is 18.4. The summed E-state index contributed by atoms with van der Waals surface area (Å²) in [6.45, 7) is 1.82. The van der Waals surface area contributed by atoms with E-state index < -0.39 is 0 Å². The third-order valence-electron chi connectivity index (χ3n) is 5.35. The molecule has 33 heavy (non-hydrogen) atoms. The van der Waals surface area contributed by atoms with Gasteiger partial charge in [-0.15, -0.1) is 0 Å². The highest BCUT2D eigenvalue weighted by atomic mass is 35.5. The number of furan rings is 1. The second kappa shape index (κ2) is 9.38. The molecule has 1 N–H and O–H groups in total. The molecule has 0 aliphatic rings. The van der Waals surface area contributed by atoms with Crippen molar-refractivity contribution in [1.29, 1.82) is 0 Å². The van der Waals surface area contributed by atoms with Crippen LogP contribution in [0.25, 0.3) is 11.0 Å². The molecule has 7 heteroatoms. The number of methoxy groups -OCH3 is 2. The molecular weight excluding hydrogens is 442 g/mol. The number of hydrogen-bond acceptors (Lipinski definition) is 5. The molecular formula is C26H22ClNO5. The summed E-state index contributed by atoms with van der Waals surface area (Å²) in [5, 5.41) is 4.27. The number of ether oxygens (including phenoxy) is 2. The fraction of sp³-hybridized carbons (Fsp3) is 0.154. The number of anilines is 1. The van der Waals surface area contributed by atoms with Crippen LogP contribution in [0.15, 0.2) is 65.1 Å². The number of rotatable bonds is 7. The van der Waals surface area contributed by atoms with Gasteiger partial charge in [0.2, 0.25) is 11.7 Å². The quantitative estimate of drug-likeness (QED) is 0.349. The Morgan fingerprint density at radius 2 is 1.67 bits per heavy atom. The van der Waals surface area contributed by atoms with E-state index in [4.69, 9.17) is 25.5 Å². The highest BCUT2D eigenvalue weighted by Crippen LogP contribution is 2.32. The number of halogens is 1. The molecule has 0 spiro atoms. The van der Waals surface area contributed by atoms with Crippen molar-refractivity contribution in [3.8, 4) is 11.5 Å². The lowest BCUT2D eigenvalue weighted by atomic mass is 10.0. The smallest absolute Gasteiger partial charge is 0.228 e. The number of ketones is 1. The Morgan fingerprint density at radius 1 is 0.939 bits per heavy atom. The first-order chi connectivity index (χ1) is 15.9. The lowest BCUT2D eigenvalue weighted by Gasteiger charge is -2.08. The van der Waals surface area contributed by atoms with E-state index >= 15 is 0 Å². The van der Waals surface area contributed by atoms with Gasteiger partial charge in [-0.2, -0.15) is 0 Å². The van der Waals surface area contributed by atoms with E-state index in [0.717, 1.165) is 10.9 Å². The summed E-state index contributed by atoms with van der Waals surface area (Å²) in [6.07, 6.45) is 0.225. The van der Waals surface area contributed by atoms with Crippen molar-refractivity contribution in [3.05, 3.63) is 88.1 Å². The molecule has 0 unspecified atom stereocenters. The third-order valence-corrected chi connectivity index (χ3v) is 5.60. The Kier molecular flexibility index (Phi) is 6.38. The number of aryl methyl sites for hydroxylation is 1. The normalized spacial score (nSPS) is 10.8. The Balaban J connectivity index is 1.57. The van der Waals surface area contributed by atoms with Gasteiger partial charge in [-0.05, 0) is 61.0 Å². The summed E-state index contributed by atoms with van der Waals surface area (Å²) in [6, 6.07) is 17.4. The number of amides is 1. The molecule has 4 aromatic rings. The van der Waals surface area contributed by atoms with Crippen LogP contribution in [-0.2, 0) is 11.2 Å². The molecule has 4 rings (SSSR count). The minimum absolute atomic E-state index is 0.153. The summed E-state index contributed by atoms with van der Waals surface area (Å²) in [5.41, 5.74) is 3.16. The van der Waals surface area contributed by atoms with Crippen LogP contribution in [0.2, 0.25) is 5.02 Å². The van der Waals surface area contributed by atoms with Crippen molar-refractivity contribution in [1.82, 2.24) is 0 Å². The number of carbonyl (C=O) groups excluding carboxylic acids is 2. The van der Waals surface area contributed by atoms with Gasteiger partial charge in [-0.25, -0.2) is 0 Å². The fourth-order valence-corrected chi connectivity index (χ4v) is 3.74. The van der Waals surface area contributed by atoms with E-state index in [9.17, 15) is 9.59 Å². The van der Waals surface area contributed by atoms with Gasteiger partial charge in [0.15, 0.2) is 17.3 Å². The van der Waals surface area contributed by atoms with Crippen molar-refractivity contribution < 1.29 is 23.5 Å². The molecule has 0 aliphatic heterocycles. The van der Waals surface area contributed by atoms with Crippen molar-refractivity contribution in [2.75, 3.05) is 19.5 Å². The molecule has 0 bridgehead atoms. The minimum atomic E-state index is -0.266. The molecule has 1 aromatic heterocycles. The zero-order valence-corrected chi connectivity index (χ0v) is 19.2. The van der Waals surface area contributed by atoms with Gasteiger partial charge >= 0.3 is 0 Å². The maximum Gasteiger partial charge on any atom is 0.228 e. The zero-order chi connectivity index (χ0) is 23.5. The van der Waals surface area contributed by atoms with Gasteiger partial charge in [-0.3, -0.25) is 9.59 Å². The molecule has 3 aromatic carbocycles. The summed E-state index contributed by atoms with van der Waals surface area (Å²) in [5.74, 6) is 0.816. The SMILES string of the molecule is COc1ccc(C(=O)c2oc3ccc(NC(=O)Cc4ccc(Cl)cc4)cc3c2C)cc1OC. The Bertz CT molecular complexity index is 1340. The van der Waals surface area contributed by atoms with Gasteiger partial charge in [0, 0.05) is 27.2 Å². The second-order valence-electron chi connectivity index (χ2n) is 7.52. The van der Waals surface area contributed by atoms with Gasteiger partial charge in [0.05, 0.1) is 20.6 Å². The first-order valence-electron chi connectivity index (χ1n) is 10.2. The molecule has 1 amide bonds. The molecule has 0 fully saturated rings. The average molecular weight is 464 g/mol. The van der Waals surface area contributed by atoms with E-state index in [1.54, 1.807) is 48.5 Å². The van der Waals surface area contributed by atoms with Crippen LogP contribution in [0.1, 0.15) is 27.2 Å². The summed E-state index contributed by atoms with van der Waals surface area (Å²) < 4.78 is 16.4. The van der Waals surface area contributed by atoms with Crippen LogP contribution in [0.3, 0.4) is 0 Å². The predicted molar refractivity (Wildman–Crippen MR) is 128 cm³/mol. The average Bonchev–Trinajstić information content (AvgIpc) is 3.15. The Morgan fingerprint density at radius 3 is 2.36 bits per heavy atom. The van der Waals surface area contributed by atoms with Gasteiger partial charge in [-0.1, -0.05) is 23.7 Å². The lowest BCUT2D eigenvalue weighted by Crippen LogP contribution is -2.14.